The summed E-state index contributed by atoms with van der Waals surface area (Å²) in [5, 5.41) is 0. The SMILES string of the molecule is CC(=O)CC(=O)OCCOc1cccc(C(F)(F)F)c1. The summed E-state index contributed by atoms with van der Waals surface area (Å²) in [5.74, 6) is -0.985. The summed E-state index contributed by atoms with van der Waals surface area (Å²) >= 11 is 0. The van der Waals surface area contributed by atoms with E-state index in [-0.39, 0.29) is 31.2 Å². The standard InChI is InChI=1S/C13H13F3O4/c1-9(17)7-12(18)20-6-5-19-11-4-2-3-10(8-11)13(14,15)16/h2-4,8H,5-7H2,1H3. The molecule has 0 aliphatic carbocycles. The first-order valence-corrected chi connectivity index (χ1v) is 5.74. The average Bonchev–Trinajstić information content (AvgIpc) is 2.33. The Balaban J connectivity index is 2.39. The Bertz CT molecular complexity index is 483. The fraction of sp³-hybridized carbons (Fsp3) is 0.385. The molecule has 0 heterocycles. The van der Waals surface area contributed by atoms with Gasteiger partial charge in [0.25, 0.3) is 0 Å². The Hall–Kier alpha value is -2.05. The van der Waals surface area contributed by atoms with E-state index in [1.807, 2.05) is 0 Å². The third kappa shape index (κ3) is 5.73. The fourth-order valence-electron chi connectivity index (χ4n) is 1.33. The first-order chi connectivity index (χ1) is 9.29. The van der Waals surface area contributed by atoms with Gasteiger partial charge >= 0.3 is 12.1 Å². The minimum absolute atomic E-state index is 0.0300. The van der Waals surface area contributed by atoms with E-state index in [1.54, 1.807) is 0 Å². The van der Waals surface area contributed by atoms with Gasteiger partial charge in [-0.05, 0) is 25.1 Å². The Labute approximate surface area is 113 Å². The lowest BCUT2D eigenvalue weighted by Gasteiger charge is -2.10. The second kappa shape index (κ2) is 6.93. The zero-order valence-electron chi connectivity index (χ0n) is 10.7. The number of Topliss-reactive ketones (excluding diaryl/α,β-unsaturated/α-hetero) is 1. The number of hydrogen-bond donors (Lipinski definition) is 0. The second-order valence-corrected chi connectivity index (χ2v) is 3.97. The molecule has 0 aromatic heterocycles. The maximum Gasteiger partial charge on any atom is 0.416 e. The van der Waals surface area contributed by atoms with Gasteiger partial charge in [0, 0.05) is 0 Å². The molecule has 1 aromatic carbocycles. The van der Waals surface area contributed by atoms with Crippen LogP contribution in [0.15, 0.2) is 24.3 Å². The first-order valence-electron chi connectivity index (χ1n) is 5.74. The van der Waals surface area contributed by atoms with Crippen molar-refractivity contribution in [2.45, 2.75) is 19.5 Å². The highest BCUT2D eigenvalue weighted by Crippen LogP contribution is 2.31. The summed E-state index contributed by atoms with van der Waals surface area (Å²) in [6.07, 6.45) is -4.77. The third-order valence-electron chi connectivity index (χ3n) is 2.17. The molecule has 0 saturated heterocycles. The van der Waals surface area contributed by atoms with E-state index in [0.29, 0.717) is 0 Å². The molecule has 7 heteroatoms. The van der Waals surface area contributed by atoms with Crippen LogP contribution in [0.5, 0.6) is 5.75 Å². The summed E-state index contributed by atoms with van der Waals surface area (Å²) in [6, 6.07) is 4.38. The zero-order chi connectivity index (χ0) is 15.2. The van der Waals surface area contributed by atoms with Crippen LogP contribution in [-0.4, -0.2) is 25.0 Å². The van der Waals surface area contributed by atoms with Crippen LogP contribution >= 0.6 is 0 Å². The molecule has 0 unspecified atom stereocenters. The van der Waals surface area contributed by atoms with Gasteiger partial charge in [-0.25, -0.2) is 0 Å². The van der Waals surface area contributed by atoms with Crippen molar-refractivity contribution in [3.8, 4) is 5.75 Å². The minimum Gasteiger partial charge on any atom is -0.490 e. The van der Waals surface area contributed by atoms with E-state index in [4.69, 9.17) is 4.74 Å². The molecule has 0 bridgehead atoms. The van der Waals surface area contributed by atoms with Gasteiger partial charge in [0.1, 0.15) is 31.2 Å². The van der Waals surface area contributed by atoms with Crippen LogP contribution in [0.4, 0.5) is 13.2 Å². The number of halogens is 3. The van der Waals surface area contributed by atoms with E-state index in [9.17, 15) is 22.8 Å². The molecular weight excluding hydrogens is 277 g/mol. The van der Waals surface area contributed by atoms with Crippen LogP contribution in [0.1, 0.15) is 18.9 Å². The van der Waals surface area contributed by atoms with Crippen molar-refractivity contribution < 1.29 is 32.2 Å². The third-order valence-corrected chi connectivity index (χ3v) is 2.17. The summed E-state index contributed by atoms with van der Waals surface area (Å²) in [5.41, 5.74) is -0.816. The molecule has 0 aliphatic rings. The van der Waals surface area contributed by atoms with Crippen molar-refractivity contribution in [3.05, 3.63) is 29.8 Å². The van der Waals surface area contributed by atoms with Crippen LogP contribution in [0.2, 0.25) is 0 Å². The van der Waals surface area contributed by atoms with Crippen molar-refractivity contribution in [2.75, 3.05) is 13.2 Å². The van der Waals surface area contributed by atoms with Gasteiger partial charge < -0.3 is 9.47 Å². The van der Waals surface area contributed by atoms with Crippen molar-refractivity contribution in [2.24, 2.45) is 0 Å². The van der Waals surface area contributed by atoms with Gasteiger partial charge in [0.15, 0.2) is 0 Å². The summed E-state index contributed by atoms with van der Waals surface area (Å²) in [4.78, 5) is 21.6. The second-order valence-electron chi connectivity index (χ2n) is 3.97. The highest BCUT2D eigenvalue weighted by Gasteiger charge is 2.30. The van der Waals surface area contributed by atoms with Crippen LogP contribution in [0.25, 0.3) is 0 Å². The summed E-state index contributed by atoms with van der Waals surface area (Å²) < 4.78 is 47.0. The van der Waals surface area contributed by atoms with Gasteiger partial charge in [-0.2, -0.15) is 13.2 Å². The Morgan fingerprint density at radius 1 is 1.20 bits per heavy atom. The topological polar surface area (TPSA) is 52.6 Å². The molecule has 0 atom stereocenters. The average molecular weight is 290 g/mol. The van der Waals surface area contributed by atoms with E-state index in [0.717, 1.165) is 12.1 Å². The van der Waals surface area contributed by atoms with E-state index in [2.05, 4.69) is 4.74 Å². The quantitative estimate of drug-likeness (QED) is 0.459. The molecule has 20 heavy (non-hydrogen) atoms. The number of benzene rings is 1. The highest BCUT2D eigenvalue weighted by atomic mass is 19.4. The lowest BCUT2D eigenvalue weighted by Crippen LogP contribution is -2.14. The minimum atomic E-state index is -4.44. The number of ketones is 1. The first kappa shape index (κ1) is 16.0. The molecule has 0 N–H and O–H groups in total. The van der Waals surface area contributed by atoms with Gasteiger partial charge in [-0.15, -0.1) is 0 Å². The molecule has 1 rings (SSSR count). The van der Waals surface area contributed by atoms with Crippen molar-refractivity contribution in [3.63, 3.8) is 0 Å². The predicted molar refractivity (Wildman–Crippen MR) is 63.2 cm³/mol. The number of carbonyl (C=O) groups is 2. The highest BCUT2D eigenvalue weighted by molar-refractivity contribution is 5.94. The molecular formula is C13H13F3O4. The Morgan fingerprint density at radius 2 is 1.90 bits per heavy atom. The molecule has 110 valence electrons. The van der Waals surface area contributed by atoms with Crippen LogP contribution in [0.3, 0.4) is 0 Å². The normalized spacial score (nSPS) is 11.0. The van der Waals surface area contributed by atoms with E-state index < -0.39 is 17.7 Å². The summed E-state index contributed by atoms with van der Waals surface area (Å²) in [6.45, 7) is 1.02. The van der Waals surface area contributed by atoms with Crippen LogP contribution in [-0.2, 0) is 20.5 Å². The maximum absolute atomic E-state index is 12.4. The monoisotopic (exact) mass is 290 g/mol. The maximum atomic E-state index is 12.4. The number of esters is 1. The van der Waals surface area contributed by atoms with Crippen molar-refractivity contribution in [1.29, 1.82) is 0 Å². The molecule has 0 aliphatic heterocycles. The lowest BCUT2D eigenvalue weighted by molar-refractivity contribution is -0.146. The van der Waals surface area contributed by atoms with E-state index in [1.165, 1.54) is 19.1 Å². The predicted octanol–water partition coefficient (Wildman–Crippen LogP) is 2.61. The molecule has 0 amide bonds. The van der Waals surface area contributed by atoms with Gasteiger partial charge in [-0.3, -0.25) is 9.59 Å². The summed E-state index contributed by atoms with van der Waals surface area (Å²) in [7, 11) is 0. The number of rotatable bonds is 6. The fourth-order valence-corrected chi connectivity index (χ4v) is 1.33. The molecule has 0 fully saturated rings. The van der Waals surface area contributed by atoms with Crippen LogP contribution in [0, 0.1) is 0 Å². The van der Waals surface area contributed by atoms with Gasteiger partial charge in [0.2, 0.25) is 0 Å². The molecule has 0 radical (unpaired) electrons. The lowest BCUT2D eigenvalue weighted by atomic mass is 10.2. The Kier molecular flexibility index (Phi) is 5.54. The Morgan fingerprint density at radius 3 is 2.50 bits per heavy atom. The van der Waals surface area contributed by atoms with Gasteiger partial charge in [0.05, 0.1) is 5.56 Å². The van der Waals surface area contributed by atoms with Crippen LogP contribution < -0.4 is 4.74 Å². The zero-order valence-corrected chi connectivity index (χ0v) is 10.7. The van der Waals surface area contributed by atoms with Crippen molar-refractivity contribution >= 4 is 11.8 Å². The molecule has 0 saturated carbocycles. The smallest absolute Gasteiger partial charge is 0.416 e. The number of carbonyl (C=O) groups excluding carboxylic acids is 2. The van der Waals surface area contributed by atoms with Crippen molar-refractivity contribution in [1.82, 2.24) is 0 Å². The molecule has 1 aromatic rings. The van der Waals surface area contributed by atoms with Gasteiger partial charge in [-0.1, -0.05) is 6.07 Å². The largest absolute Gasteiger partial charge is 0.490 e. The van der Waals surface area contributed by atoms with E-state index >= 15 is 0 Å². The number of alkyl halides is 3. The number of ether oxygens (including phenoxy) is 2. The molecule has 0 spiro atoms. The molecule has 4 nitrogen and oxygen atoms in total. The number of hydrogen-bond acceptors (Lipinski definition) is 4.